The summed E-state index contributed by atoms with van der Waals surface area (Å²) in [6, 6.07) is 0.117. The van der Waals surface area contributed by atoms with Crippen molar-refractivity contribution in [2.75, 3.05) is 6.54 Å². The molecule has 0 aromatic carbocycles. The first-order chi connectivity index (χ1) is 5.47. The van der Waals surface area contributed by atoms with Crippen molar-refractivity contribution in [3.63, 3.8) is 0 Å². The van der Waals surface area contributed by atoms with E-state index in [-0.39, 0.29) is 18.4 Å². The lowest BCUT2D eigenvalue weighted by Gasteiger charge is -2.28. The third kappa shape index (κ3) is 5.33. The van der Waals surface area contributed by atoms with Crippen LogP contribution in [0.5, 0.6) is 0 Å². The van der Waals surface area contributed by atoms with E-state index in [1.807, 2.05) is 6.92 Å². The standard InChI is InChI=1S/C7H12F3NO.ClH/c1-5-4-6(2-3-11-5)12-7(8,9)10;/h5-6,11H,2-4H2,1H3;1H/t5-,6-;/m0./s1. The highest BCUT2D eigenvalue weighted by molar-refractivity contribution is 5.85. The summed E-state index contributed by atoms with van der Waals surface area (Å²) in [5.41, 5.74) is 0. The van der Waals surface area contributed by atoms with E-state index in [4.69, 9.17) is 0 Å². The third-order valence-electron chi connectivity index (χ3n) is 1.88. The number of hydrogen-bond donors (Lipinski definition) is 1. The van der Waals surface area contributed by atoms with E-state index in [9.17, 15) is 13.2 Å². The van der Waals surface area contributed by atoms with E-state index in [1.165, 1.54) is 0 Å². The molecule has 6 heteroatoms. The Bertz CT molecular complexity index is 153. The summed E-state index contributed by atoms with van der Waals surface area (Å²) in [7, 11) is 0. The maximum absolute atomic E-state index is 11.7. The van der Waals surface area contributed by atoms with Crippen LogP contribution in [0.4, 0.5) is 13.2 Å². The van der Waals surface area contributed by atoms with E-state index in [0.29, 0.717) is 19.4 Å². The molecule has 1 heterocycles. The third-order valence-corrected chi connectivity index (χ3v) is 1.88. The predicted octanol–water partition coefficient (Wildman–Crippen LogP) is 2.09. The Hall–Kier alpha value is 0. The van der Waals surface area contributed by atoms with Gasteiger partial charge in [0.05, 0.1) is 6.10 Å². The second-order valence-corrected chi connectivity index (χ2v) is 3.07. The van der Waals surface area contributed by atoms with E-state index in [0.717, 1.165) is 0 Å². The van der Waals surface area contributed by atoms with Gasteiger partial charge < -0.3 is 5.32 Å². The summed E-state index contributed by atoms with van der Waals surface area (Å²) in [5.74, 6) is 0. The fourth-order valence-corrected chi connectivity index (χ4v) is 1.38. The molecule has 2 nitrogen and oxygen atoms in total. The van der Waals surface area contributed by atoms with Crippen molar-refractivity contribution in [3.05, 3.63) is 0 Å². The van der Waals surface area contributed by atoms with Crippen molar-refractivity contribution in [1.29, 1.82) is 0 Å². The fraction of sp³-hybridized carbons (Fsp3) is 1.00. The first kappa shape index (κ1) is 13.0. The monoisotopic (exact) mass is 219 g/mol. The molecular formula is C7H13ClF3NO. The minimum atomic E-state index is -4.48. The zero-order valence-electron chi connectivity index (χ0n) is 7.23. The molecule has 0 amide bonds. The molecule has 0 radical (unpaired) electrons. The van der Waals surface area contributed by atoms with Crippen molar-refractivity contribution in [2.45, 2.75) is 38.3 Å². The van der Waals surface area contributed by atoms with Crippen LogP contribution >= 0.6 is 12.4 Å². The van der Waals surface area contributed by atoms with Crippen molar-refractivity contribution >= 4 is 12.4 Å². The number of halogens is 4. The molecule has 0 aromatic heterocycles. The average Bonchev–Trinajstić information content (AvgIpc) is 1.82. The van der Waals surface area contributed by atoms with Crippen LogP contribution < -0.4 is 5.32 Å². The Morgan fingerprint density at radius 1 is 1.38 bits per heavy atom. The van der Waals surface area contributed by atoms with Crippen LogP contribution in [0.3, 0.4) is 0 Å². The van der Waals surface area contributed by atoms with Crippen molar-refractivity contribution in [3.8, 4) is 0 Å². The van der Waals surface area contributed by atoms with E-state index in [1.54, 1.807) is 0 Å². The molecule has 13 heavy (non-hydrogen) atoms. The summed E-state index contributed by atoms with van der Waals surface area (Å²) >= 11 is 0. The number of ether oxygens (including phenoxy) is 1. The fourth-order valence-electron chi connectivity index (χ4n) is 1.38. The number of rotatable bonds is 1. The molecule has 2 atom stereocenters. The number of alkyl halides is 3. The van der Waals surface area contributed by atoms with Gasteiger partial charge in [-0.2, -0.15) is 0 Å². The van der Waals surface area contributed by atoms with Crippen molar-refractivity contribution in [1.82, 2.24) is 5.32 Å². The molecule has 1 N–H and O–H groups in total. The summed E-state index contributed by atoms with van der Waals surface area (Å²) < 4.78 is 39.1. The highest BCUT2D eigenvalue weighted by atomic mass is 35.5. The Kier molecular flexibility index (Phi) is 5.02. The van der Waals surface area contributed by atoms with Gasteiger partial charge in [0.15, 0.2) is 0 Å². The molecule has 0 spiro atoms. The molecule has 0 bridgehead atoms. The lowest BCUT2D eigenvalue weighted by atomic mass is 10.0. The van der Waals surface area contributed by atoms with Gasteiger partial charge in [-0.3, -0.25) is 4.74 Å². The Morgan fingerprint density at radius 3 is 2.46 bits per heavy atom. The Labute approximate surface area is 81.2 Å². The average molecular weight is 220 g/mol. The minimum absolute atomic E-state index is 0. The molecule has 1 aliphatic heterocycles. The van der Waals surface area contributed by atoms with E-state index in [2.05, 4.69) is 10.1 Å². The van der Waals surface area contributed by atoms with Gasteiger partial charge in [-0.1, -0.05) is 0 Å². The van der Waals surface area contributed by atoms with Crippen molar-refractivity contribution < 1.29 is 17.9 Å². The lowest BCUT2D eigenvalue weighted by Crippen LogP contribution is -2.41. The Balaban J connectivity index is 0.00000144. The highest BCUT2D eigenvalue weighted by Gasteiger charge is 2.34. The largest absolute Gasteiger partial charge is 0.522 e. The molecule has 0 saturated carbocycles. The van der Waals surface area contributed by atoms with Gasteiger partial charge >= 0.3 is 6.36 Å². The van der Waals surface area contributed by atoms with Gasteiger partial charge in [0.25, 0.3) is 0 Å². The van der Waals surface area contributed by atoms with Gasteiger partial charge in [-0.15, -0.1) is 25.6 Å². The highest BCUT2D eigenvalue weighted by Crippen LogP contribution is 2.23. The number of hydrogen-bond acceptors (Lipinski definition) is 2. The molecule has 0 unspecified atom stereocenters. The van der Waals surface area contributed by atoms with E-state index < -0.39 is 12.5 Å². The molecule has 1 rings (SSSR count). The molecule has 1 fully saturated rings. The van der Waals surface area contributed by atoms with Gasteiger partial charge in [0.1, 0.15) is 0 Å². The van der Waals surface area contributed by atoms with Crippen LogP contribution in [-0.4, -0.2) is 25.1 Å². The zero-order valence-corrected chi connectivity index (χ0v) is 8.04. The van der Waals surface area contributed by atoms with E-state index >= 15 is 0 Å². The van der Waals surface area contributed by atoms with Gasteiger partial charge in [0.2, 0.25) is 0 Å². The summed E-state index contributed by atoms with van der Waals surface area (Å²) in [4.78, 5) is 0. The number of piperidine rings is 1. The lowest BCUT2D eigenvalue weighted by molar-refractivity contribution is -0.345. The van der Waals surface area contributed by atoms with Crippen LogP contribution in [0.2, 0.25) is 0 Å². The van der Waals surface area contributed by atoms with Crippen LogP contribution in [0.25, 0.3) is 0 Å². The molecule has 0 aliphatic carbocycles. The summed E-state index contributed by atoms with van der Waals surface area (Å²) in [5, 5.41) is 3.05. The normalized spacial score (nSPS) is 29.5. The van der Waals surface area contributed by atoms with Crippen LogP contribution in [0, 0.1) is 0 Å². The summed E-state index contributed by atoms with van der Waals surface area (Å²) in [6.07, 6.45) is -4.29. The maximum Gasteiger partial charge on any atom is 0.522 e. The quantitative estimate of drug-likeness (QED) is 0.729. The van der Waals surface area contributed by atoms with Crippen LogP contribution in [-0.2, 0) is 4.74 Å². The topological polar surface area (TPSA) is 21.3 Å². The molecular weight excluding hydrogens is 207 g/mol. The smallest absolute Gasteiger partial charge is 0.314 e. The van der Waals surface area contributed by atoms with Crippen molar-refractivity contribution in [2.24, 2.45) is 0 Å². The SMILES string of the molecule is C[C@H]1C[C@@H](OC(F)(F)F)CCN1.Cl. The zero-order chi connectivity index (χ0) is 9.19. The predicted molar refractivity (Wildman–Crippen MR) is 44.9 cm³/mol. The number of nitrogens with one attached hydrogen (secondary N) is 1. The summed E-state index contributed by atoms with van der Waals surface area (Å²) in [6.45, 7) is 2.45. The molecule has 1 aliphatic rings. The first-order valence-corrected chi connectivity index (χ1v) is 3.95. The van der Waals surface area contributed by atoms with Gasteiger partial charge in [-0.25, -0.2) is 0 Å². The van der Waals surface area contributed by atoms with Gasteiger partial charge in [-0.05, 0) is 26.3 Å². The van der Waals surface area contributed by atoms with Crippen LogP contribution in [0.1, 0.15) is 19.8 Å². The van der Waals surface area contributed by atoms with Gasteiger partial charge in [0, 0.05) is 6.04 Å². The first-order valence-electron chi connectivity index (χ1n) is 3.95. The molecule has 0 aromatic rings. The Morgan fingerprint density at radius 2 is 2.00 bits per heavy atom. The second kappa shape index (κ2) is 5.02. The minimum Gasteiger partial charge on any atom is -0.314 e. The molecule has 1 saturated heterocycles. The molecule has 80 valence electrons. The maximum atomic E-state index is 11.7. The van der Waals surface area contributed by atoms with Crippen LogP contribution in [0.15, 0.2) is 0 Å². The second-order valence-electron chi connectivity index (χ2n) is 3.07.